The van der Waals surface area contributed by atoms with Crippen molar-refractivity contribution in [2.75, 3.05) is 27.2 Å². The Morgan fingerprint density at radius 3 is 3.00 bits per heavy atom. The lowest BCUT2D eigenvalue weighted by atomic mass is 10.1. The van der Waals surface area contributed by atoms with E-state index in [1.165, 1.54) is 0 Å². The van der Waals surface area contributed by atoms with Gasteiger partial charge in [-0.05, 0) is 43.1 Å². The van der Waals surface area contributed by atoms with Crippen LogP contribution in [-0.2, 0) is 11.2 Å². The van der Waals surface area contributed by atoms with Crippen molar-refractivity contribution in [1.82, 2.24) is 10.2 Å². The van der Waals surface area contributed by atoms with Crippen molar-refractivity contribution in [1.29, 1.82) is 0 Å². The first-order valence-corrected chi connectivity index (χ1v) is 7.70. The molecular weight excluding hydrogens is 320 g/mol. The van der Waals surface area contributed by atoms with Crippen LogP contribution in [0.4, 0.5) is 0 Å². The number of rotatable bonds is 5. The van der Waals surface area contributed by atoms with E-state index in [1.807, 2.05) is 30.1 Å². The number of carbonyl (C=O) groups excluding carboxylic acids is 1. The van der Waals surface area contributed by atoms with E-state index >= 15 is 0 Å². The number of amides is 1. The highest BCUT2D eigenvalue weighted by Crippen LogP contribution is 2.24. The summed E-state index contributed by atoms with van der Waals surface area (Å²) in [5.41, 5.74) is 1.06. The summed E-state index contributed by atoms with van der Waals surface area (Å²) in [6.07, 6.45) is 2.26. The van der Waals surface area contributed by atoms with E-state index < -0.39 is 0 Å². The highest BCUT2D eigenvalue weighted by molar-refractivity contribution is 9.10. The average Bonchev–Trinajstić information content (AvgIpc) is 2.98. The van der Waals surface area contributed by atoms with E-state index in [4.69, 9.17) is 4.74 Å². The third-order valence-corrected chi connectivity index (χ3v) is 4.32. The maximum absolute atomic E-state index is 12.2. The van der Waals surface area contributed by atoms with Crippen LogP contribution in [0.2, 0.25) is 0 Å². The van der Waals surface area contributed by atoms with Crippen LogP contribution < -0.4 is 10.1 Å². The molecule has 110 valence electrons. The second-order valence-corrected chi connectivity index (χ2v) is 6.02. The number of hydrogen-bond acceptors (Lipinski definition) is 3. The summed E-state index contributed by atoms with van der Waals surface area (Å²) in [5, 5.41) is 3.29. The zero-order valence-corrected chi connectivity index (χ0v) is 13.6. The smallest absolute Gasteiger partial charge is 0.222 e. The van der Waals surface area contributed by atoms with E-state index in [1.54, 1.807) is 7.11 Å². The van der Waals surface area contributed by atoms with Gasteiger partial charge in [0.2, 0.25) is 5.91 Å². The van der Waals surface area contributed by atoms with Gasteiger partial charge in [0.05, 0.1) is 7.11 Å². The first-order valence-electron chi connectivity index (χ1n) is 6.90. The Labute approximate surface area is 128 Å². The summed E-state index contributed by atoms with van der Waals surface area (Å²) < 4.78 is 6.35. The van der Waals surface area contributed by atoms with Crippen molar-refractivity contribution < 1.29 is 9.53 Å². The van der Waals surface area contributed by atoms with Crippen molar-refractivity contribution >= 4 is 21.8 Å². The molecule has 1 aliphatic rings. The standard InChI is InChI=1S/C15H21BrN2O2/c1-18(13-7-8-17-10-13)15(19)6-3-11-9-12(16)4-5-14(11)20-2/h4-5,9,13,17H,3,6-8,10H2,1-2H3/t13-/m1/s1. The lowest BCUT2D eigenvalue weighted by molar-refractivity contribution is -0.131. The molecule has 1 fully saturated rings. The van der Waals surface area contributed by atoms with E-state index in [-0.39, 0.29) is 5.91 Å². The topological polar surface area (TPSA) is 41.6 Å². The van der Waals surface area contributed by atoms with Gasteiger partial charge in [-0.3, -0.25) is 4.79 Å². The largest absolute Gasteiger partial charge is 0.496 e. The molecule has 2 rings (SSSR count). The van der Waals surface area contributed by atoms with E-state index in [0.717, 1.165) is 35.3 Å². The second-order valence-electron chi connectivity index (χ2n) is 5.11. The lowest BCUT2D eigenvalue weighted by Gasteiger charge is -2.24. The number of hydrogen-bond donors (Lipinski definition) is 1. The monoisotopic (exact) mass is 340 g/mol. The summed E-state index contributed by atoms with van der Waals surface area (Å²) >= 11 is 3.46. The van der Waals surface area contributed by atoms with Gasteiger partial charge in [0.15, 0.2) is 0 Å². The Hall–Kier alpha value is -1.07. The number of ether oxygens (including phenoxy) is 1. The minimum Gasteiger partial charge on any atom is -0.496 e. The minimum atomic E-state index is 0.195. The van der Waals surface area contributed by atoms with Gasteiger partial charge in [-0.15, -0.1) is 0 Å². The fourth-order valence-electron chi connectivity index (χ4n) is 2.53. The number of benzene rings is 1. The highest BCUT2D eigenvalue weighted by atomic mass is 79.9. The number of likely N-dealkylation sites (N-methyl/N-ethyl adjacent to an activating group) is 1. The third kappa shape index (κ3) is 3.73. The zero-order valence-electron chi connectivity index (χ0n) is 12.0. The van der Waals surface area contributed by atoms with Crippen LogP contribution >= 0.6 is 15.9 Å². The van der Waals surface area contributed by atoms with Crippen LogP contribution in [0.3, 0.4) is 0 Å². The molecule has 4 nitrogen and oxygen atoms in total. The van der Waals surface area contributed by atoms with Crippen LogP contribution in [0, 0.1) is 0 Å². The Bertz CT molecular complexity index is 473. The number of aryl methyl sites for hydroxylation is 1. The van der Waals surface area contributed by atoms with Gasteiger partial charge in [-0.1, -0.05) is 15.9 Å². The van der Waals surface area contributed by atoms with Gasteiger partial charge in [0, 0.05) is 30.5 Å². The SMILES string of the molecule is COc1ccc(Br)cc1CCC(=O)N(C)[C@@H]1CCNC1. The van der Waals surface area contributed by atoms with Gasteiger partial charge in [0.25, 0.3) is 0 Å². The van der Waals surface area contributed by atoms with Gasteiger partial charge < -0.3 is 15.0 Å². The molecule has 1 aromatic carbocycles. The average molecular weight is 341 g/mol. The molecule has 0 saturated carbocycles. The first kappa shape index (κ1) is 15.3. The Balaban J connectivity index is 1.94. The molecule has 0 aromatic heterocycles. The molecule has 0 spiro atoms. The molecule has 0 aliphatic carbocycles. The van der Waals surface area contributed by atoms with Crippen molar-refractivity contribution in [3.63, 3.8) is 0 Å². The fraction of sp³-hybridized carbons (Fsp3) is 0.533. The minimum absolute atomic E-state index is 0.195. The van der Waals surface area contributed by atoms with E-state index in [9.17, 15) is 4.79 Å². The lowest BCUT2D eigenvalue weighted by Crippen LogP contribution is -2.38. The van der Waals surface area contributed by atoms with Crippen molar-refractivity contribution in [3.05, 3.63) is 28.2 Å². The normalized spacial score (nSPS) is 18.1. The molecule has 1 aliphatic heterocycles. The second kappa shape index (κ2) is 7.09. The van der Waals surface area contributed by atoms with E-state index in [2.05, 4.69) is 21.2 Å². The molecule has 0 radical (unpaired) electrons. The number of nitrogens with one attached hydrogen (secondary N) is 1. The quantitative estimate of drug-likeness (QED) is 0.893. The number of methoxy groups -OCH3 is 1. The van der Waals surface area contributed by atoms with Crippen LogP contribution in [0.1, 0.15) is 18.4 Å². The predicted octanol–water partition coefficient (Wildman–Crippen LogP) is 2.21. The third-order valence-electron chi connectivity index (χ3n) is 3.83. The molecule has 0 unspecified atom stereocenters. The number of carbonyl (C=O) groups is 1. The molecule has 1 atom stereocenters. The Morgan fingerprint density at radius 2 is 2.35 bits per heavy atom. The summed E-state index contributed by atoms with van der Waals surface area (Å²) in [4.78, 5) is 14.1. The fourth-order valence-corrected chi connectivity index (χ4v) is 2.94. The van der Waals surface area contributed by atoms with Crippen molar-refractivity contribution in [2.45, 2.75) is 25.3 Å². The molecular formula is C15H21BrN2O2. The van der Waals surface area contributed by atoms with E-state index in [0.29, 0.717) is 18.9 Å². The molecule has 1 saturated heterocycles. The predicted molar refractivity (Wildman–Crippen MR) is 83.1 cm³/mol. The Morgan fingerprint density at radius 1 is 1.55 bits per heavy atom. The maximum atomic E-state index is 12.2. The van der Waals surface area contributed by atoms with Crippen molar-refractivity contribution in [3.8, 4) is 5.75 Å². The summed E-state index contributed by atoms with van der Waals surface area (Å²) in [7, 11) is 3.56. The number of nitrogens with zero attached hydrogens (tertiary/aromatic N) is 1. The number of halogens is 1. The highest BCUT2D eigenvalue weighted by Gasteiger charge is 2.22. The van der Waals surface area contributed by atoms with Crippen LogP contribution in [0.25, 0.3) is 0 Å². The van der Waals surface area contributed by atoms with Crippen molar-refractivity contribution in [2.24, 2.45) is 0 Å². The summed E-state index contributed by atoms with van der Waals surface area (Å²) in [6, 6.07) is 6.23. The van der Waals surface area contributed by atoms with Gasteiger partial charge in [0.1, 0.15) is 5.75 Å². The molecule has 1 aromatic rings. The molecule has 20 heavy (non-hydrogen) atoms. The summed E-state index contributed by atoms with van der Waals surface area (Å²) in [6.45, 7) is 1.91. The van der Waals surface area contributed by atoms with Crippen LogP contribution in [0.5, 0.6) is 5.75 Å². The van der Waals surface area contributed by atoms with Crippen LogP contribution in [0.15, 0.2) is 22.7 Å². The molecule has 0 bridgehead atoms. The molecule has 5 heteroatoms. The molecule has 1 amide bonds. The molecule has 1 heterocycles. The van der Waals surface area contributed by atoms with Gasteiger partial charge >= 0.3 is 0 Å². The summed E-state index contributed by atoms with van der Waals surface area (Å²) in [5.74, 6) is 1.03. The zero-order chi connectivity index (χ0) is 14.5. The van der Waals surface area contributed by atoms with Gasteiger partial charge in [-0.2, -0.15) is 0 Å². The van der Waals surface area contributed by atoms with Crippen LogP contribution in [-0.4, -0.2) is 44.1 Å². The van der Waals surface area contributed by atoms with Gasteiger partial charge in [-0.25, -0.2) is 0 Å². The first-order chi connectivity index (χ1) is 9.61. The Kier molecular flexibility index (Phi) is 5.43. The maximum Gasteiger partial charge on any atom is 0.222 e. The molecule has 1 N–H and O–H groups in total.